The summed E-state index contributed by atoms with van der Waals surface area (Å²) in [5.41, 5.74) is 5.14. The van der Waals surface area contributed by atoms with Crippen LogP contribution in [0.1, 0.15) is 54.4 Å². The summed E-state index contributed by atoms with van der Waals surface area (Å²) in [5.74, 6) is 0.275. The number of halogens is 1. The monoisotopic (exact) mass is 284 g/mol. The third kappa shape index (κ3) is 4.42. The molecule has 2 aromatic carbocycles. The minimum absolute atomic E-state index is 0.130. The first kappa shape index (κ1) is 15.8. The molecule has 1 unspecified atom stereocenters. The molecule has 0 saturated carbocycles. The topological polar surface area (TPSA) is 0 Å². The Balaban J connectivity index is 2.21. The van der Waals surface area contributed by atoms with E-state index in [4.69, 9.17) is 0 Å². The Kier molecular flexibility index (Phi) is 5.55. The zero-order valence-electron chi connectivity index (χ0n) is 13.3. The first-order valence-corrected chi connectivity index (χ1v) is 7.91. The molecule has 0 fully saturated rings. The summed E-state index contributed by atoms with van der Waals surface area (Å²) >= 11 is 0. The van der Waals surface area contributed by atoms with E-state index in [1.54, 1.807) is 6.07 Å². The van der Waals surface area contributed by atoms with Gasteiger partial charge in [-0.15, -0.1) is 0 Å². The van der Waals surface area contributed by atoms with Gasteiger partial charge in [-0.2, -0.15) is 0 Å². The maximum Gasteiger partial charge on any atom is 0.123 e. The lowest BCUT2D eigenvalue weighted by molar-refractivity contribution is 0.571. The van der Waals surface area contributed by atoms with Crippen LogP contribution in [0.5, 0.6) is 0 Å². The summed E-state index contributed by atoms with van der Waals surface area (Å²) in [6, 6.07) is 13.8. The van der Waals surface area contributed by atoms with Gasteiger partial charge in [0.05, 0.1) is 0 Å². The van der Waals surface area contributed by atoms with Gasteiger partial charge < -0.3 is 0 Å². The van der Waals surface area contributed by atoms with Gasteiger partial charge in [-0.05, 0) is 67.0 Å². The minimum Gasteiger partial charge on any atom is -0.207 e. The Morgan fingerprint density at radius 1 is 1.00 bits per heavy atom. The van der Waals surface area contributed by atoms with Gasteiger partial charge in [0.25, 0.3) is 0 Å². The average Bonchev–Trinajstić information content (AvgIpc) is 2.47. The molecule has 0 radical (unpaired) electrons. The van der Waals surface area contributed by atoms with Crippen molar-refractivity contribution >= 4 is 0 Å². The number of unbranched alkanes of at least 4 members (excludes halogenated alkanes) is 1. The van der Waals surface area contributed by atoms with Crippen LogP contribution in [-0.4, -0.2) is 0 Å². The van der Waals surface area contributed by atoms with Crippen LogP contribution in [-0.2, 0) is 6.42 Å². The van der Waals surface area contributed by atoms with Crippen LogP contribution < -0.4 is 0 Å². The number of benzene rings is 2. The normalized spacial score (nSPS) is 12.4. The van der Waals surface area contributed by atoms with E-state index in [1.807, 2.05) is 6.07 Å². The molecule has 112 valence electrons. The third-order valence-corrected chi connectivity index (χ3v) is 4.28. The molecule has 0 saturated heterocycles. The van der Waals surface area contributed by atoms with Crippen molar-refractivity contribution in [3.8, 4) is 0 Å². The second-order valence-electron chi connectivity index (χ2n) is 6.02. The van der Waals surface area contributed by atoms with E-state index in [2.05, 4.69) is 45.0 Å². The SMILES string of the molecule is CCCCC(Cc1ccc(C)c(C)c1)c1cccc(F)c1. The number of hydrogen-bond acceptors (Lipinski definition) is 0. The molecule has 2 rings (SSSR count). The van der Waals surface area contributed by atoms with Crippen molar-refractivity contribution < 1.29 is 4.39 Å². The number of hydrogen-bond donors (Lipinski definition) is 0. The standard InChI is InChI=1S/C20H25F/c1-4-5-7-18(19-8-6-9-20(21)14-19)13-17-11-10-15(2)16(3)12-17/h6,8-12,14,18H,4-5,7,13H2,1-3H3. The van der Waals surface area contributed by atoms with Crippen molar-refractivity contribution in [1.82, 2.24) is 0 Å². The van der Waals surface area contributed by atoms with Gasteiger partial charge in [0.15, 0.2) is 0 Å². The minimum atomic E-state index is -0.130. The van der Waals surface area contributed by atoms with E-state index in [0.29, 0.717) is 5.92 Å². The van der Waals surface area contributed by atoms with Gasteiger partial charge in [0, 0.05) is 0 Å². The average molecular weight is 284 g/mol. The molecule has 0 amide bonds. The second-order valence-corrected chi connectivity index (χ2v) is 6.02. The highest BCUT2D eigenvalue weighted by Crippen LogP contribution is 2.27. The summed E-state index contributed by atoms with van der Waals surface area (Å²) in [6.07, 6.45) is 4.47. The molecule has 0 bridgehead atoms. The lowest BCUT2D eigenvalue weighted by Gasteiger charge is -2.18. The smallest absolute Gasteiger partial charge is 0.123 e. The molecule has 0 spiro atoms. The Morgan fingerprint density at radius 2 is 1.81 bits per heavy atom. The van der Waals surface area contributed by atoms with Crippen LogP contribution >= 0.6 is 0 Å². The molecular weight excluding hydrogens is 259 g/mol. The van der Waals surface area contributed by atoms with E-state index in [1.165, 1.54) is 35.6 Å². The maximum atomic E-state index is 13.5. The summed E-state index contributed by atoms with van der Waals surface area (Å²) in [5, 5.41) is 0. The Morgan fingerprint density at radius 3 is 2.48 bits per heavy atom. The molecule has 0 aromatic heterocycles. The molecule has 1 heteroatoms. The van der Waals surface area contributed by atoms with Crippen LogP contribution in [0.4, 0.5) is 4.39 Å². The number of rotatable bonds is 6. The van der Waals surface area contributed by atoms with Crippen molar-refractivity contribution in [3.63, 3.8) is 0 Å². The van der Waals surface area contributed by atoms with E-state index >= 15 is 0 Å². The Labute approximate surface area is 128 Å². The highest BCUT2D eigenvalue weighted by atomic mass is 19.1. The quantitative estimate of drug-likeness (QED) is 0.614. The van der Waals surface area contributed by atoms with Crippen LogP contribution in [0.3, 0.4) is 0 Å². The van der Waals surface area contributed by atoms with Gasteiger partial charge in [-0.25, -0.2) is 4.39 Å². The first-order valence-electron chi connectivity index (χ1n) is 7.91. The molecule has 0 nitrogen and oxygen atoms in total. The van der Waals surface area contributed by atoms with E-state index in [9.17, 15) is 4.39 Å². The third-order valence-electron chi connectivity index (χ3n) is 4.28. The summed E-state index contributed by atoms with van der Waals surface area (Å²) < 4.78 is 13.5. The fraction of sp³-hybridized carbons (Fsp3) is 0.400. The van der Waals surface area contributed by atoms with Crippen molar-refractivity contribution in [3.05, 3.63) is 70.5 Å². The van der Waals surface area contributed by atoms with Gasteiger partial charge in [-0.3, -0.25) is 0 Å². The molecule has 21 heavy (non-hydrogen) atoms. The summed E-state index contributed by atoms with van der Waals surface area (Å²) in [7, 11) is 0. The Bertz CT molecular complexity index is 586. The van der Waals surface area contributed by atoms with E-state index in [0.717, 1.165) is 18.4 Å². The lowest BCUT2D eigenvalue weighted by Crippen LogP contribution is -2.04. The van der Waals surface area contributed by atoms with Gasteiger partial charge in [0.1, 0.15) is 5.82 Å². The van der Waals surface area contributed by atoms with Crippen LogP contribution in [0.2, 0.25) is 0 Å². The zero-order valence-corrected chi connectivity index (χ0v) is 13.3. The molecular formula is C20H25F. The molecule has 0 aliphatic rings. The van der Waals surface area contributed by atoms with E-state index in [-0.39, 0.29) is 5.82 Å². The summed E-state index contributed by atoms with van der Waals surface area (Å²) in [6.45, 7) is 6.50. The van der Waals surface area contributed by atoms with Crippen LogP contribution in [0.25, 0.3) is 0 Å². The lowest BCUT2D eigenvalue weighted by atomic mass is 9.87. The fourth-order valence-electron chi connectivity index (χ4n) is 2.81. The molecule has 0 N–H and O–H groups in total. The van der Waals surface area contributed by atoms with Crippen molar-refractivity contribution in [1.29, 1.82) is 0 Å². The molecule has 0 aliphatic heterocycles. The zero-order chi connectivity index (χ0) is 15.2. The fourth-order valence-corrected chi connectivity index (χ4v) is 2.81. The van der Waals surface area contributed by atoms with Crippen molar-refractivity contribution in [2.75, 3.05) is 0 Å². The van der Waals surface area contributed by atoms with Crippen molar-refractivity contribution in [2.45, 2.75) is 52.4 Å². The van der Waals surface area contributed by atoms with Gasteiger partial charge in [-0.1, -0.05) is 50.1 Å². The molecule has 0 aliphatic carbocycles. The highest BCUT2D eigenvalue weighted by Gasteiger charge is 2.13. The van der Waals surface area contributed by atoms with E-state index < -0.39 is 0 Å². The summed E-state index contributed by atoms with van der Waals surface area (Å²) in [4.78, 5) is 0. The highest BCUT2D eigenvalue weighted by molar-refractivity contribution is 5.32. The molecule has 2 aromatic rings. The largest absolute Gasteiger partial charge is 0.207 e. The predicted molar refractivity (Wildman–Crippen MR) is 88.3 cm³/mol. The van der Waals surface area contributed by atoms with Crippen molar-refractivity contribution in [2.24, 2.45) is 0 Å². The molecule has 0 heterocycles. The van der Waals surface area contributed by atoms with Crippen LogP contribution in [0.15, 0.2) is 42.5 Å². The second kappa shape index (κ2) is 7.40. The molecule has 1 atom stereocenters. The first-order chi connectivity index (χ1) is 10.1. The van der Waals surface area contributed by atoms with Crippen LogP contribution in [0, 0.1) is 19.7 Å². The Hall–Kier alpha value is -1.63. The van der Waals surface area contributed by atoms with Gasteiger partial charge >= 0.3 is 0 Å². The maximum absolute atomic E-state index is 13.5. The van der Waals surface area contributed by atoms with Gasteiger partial charge in [0.2, 0.25) is 0 Å². The predicted octanol–water partition coefficient (Wildman–Crippen LogP) is 5.96. The number of aryl methyl sites for hydroxylation is 2.